The molecule has 3 heterocycles. The zero-order valence-electron chi connectivity index (χ0n) is 15.9. The molecule has 0 saturated heterocycles. The summed E-state index contributed by atoms with van der Waals surface area (Å²) < 4.78 is 3.12. The molecule has 0 aliphatic heterocycles. The Morgan fingerprint density at radius 1 is 1.18 bits per heavy atom. The molecule has 0 aliphatic carbocycles. The van der Waals surface area contributed by atoms with Gasteiger partial charge in [-0.15, -0.1) is 0 Å². The van der Waals surface area contributed by atoms with Gasteiger partial charge >= 0.3 is 0 Å². The SMILES string of the molecule is CCn1nc(C(=O)Nc2cnc3c(cnn3C(C)C)c2)c2ccccc2c1=O. The van der Waals surface area contributed by atoms with E-state index in [2.05, 4.69) is 20.5 Å². The number of amides is 1. The first-order valence-electron chi connectivity index (χ1n) is 9.14. The highest BCUT2D eigenvalue weighted by molar-refractivity contribution is 6.11. The van der Waals surface area contributed by atoms with Crippen molar-refractivity contribution in [3.8, 4) is 0 Å². The average molecular weight is 376 g/mol. The van der Waals surface area contributed by atoms with Gasteiger partial charge in [-0.1, -0.05) is 18.2 Å². The molecule has 3 aromatic heterocycles. The fourth-order valence-corrected chi connectivity index (χ4v) is 3.19. The van der Waals surface area contributed by atoms with E-state index in [1.165, 1.54) is 4.68 Å². The van der Waals surface area contributed by atoms with E-state index in [9.17, 15) is 9.59 Å². The van der Waals surface area contributed by atoms with Crippen LogP contribution in [0.2, 0.25) is 0 Å². The number of pyridine rings is 1. The van der Waals surface area contributed by atoms with Crippen molar-refractivity contribution in [1.82, 2.24) is 24.5 Å². The second-order valence-corrected chi connectivity index (χ2v) is 6.79. The Morgan fingerprint density at radius 2 is 1.93 bits per heavy atom. The number of aromatic nitrogens is 5. The number of anilines is 1. The van der Waals surface area contributed by atoms with E-state index < -0.39 is 5.91 Å². The van der Waals surface area contributed by atoms with Crippen LogP contribution in [-0.2, 0) is 6.54 Å². The third-order valence-corrected chi connectivity index (χ3v) is 4.56. The number of benzene rings is 1. The lowest BCUT2D eigenvalue weighted by Gasteiger charge is -2.10. The molecular formula is C20H20N6O2. The van der Waals surface area contributed by atoms with E-state index in [1.54, 1.807) is 36.7 Å². The summed E-state index contributed by atoms with van der Waals surface area (Å²) in [6, 6.07) is 9.00. The summed E-state index contributed by atoms with van der Waals surface area (Å²) in [5.41, 5.74) is 1.30. The molecule has 0 bridgehead atoms. The van der Waals surface area contributed by atoms with Crippen molar-refractivity contribution >= 4 is 33.4 Å². The van der Waals surface area contributed by atoms with Crippen molar-refractivity contribution in [3.63, 3.8) is 0 Å². The summed E-state index contributed by atoms with van der Waals surface area (Å²) in [6.45, 7) is 6.26. The molecular weight excluding hydrogens is 356 g/mol. The van der Waals surface area contributed by atoms with Crippen LogP contribution in [0.5, 0.6) is 0 Å². The lowest BCUT2D eigenvalue weighted by Crippen LogP contribution is -2.27. The van der Waals surface area contributed by atoms with Crippen molar-refractivity contribution in [3.05, 3.63) is 58.8 Å². The number of fused-ring (bicyclic) bond motifs is 2. The highest BCUT2D eigenvalue weighted by atomic mass is 16.2. The molecule has 8 nitrogen and oxygen atoms in total. The summed E-state index contributed by atoms with van der Waals surface area (Å²) in [5, 5.41) is 13.3. The zero-order chi connectivity index (χ0) is 19.8. The Hall–Kier alpha value is -3.55. The Kier molecular flexibility index (Phi) is 4.38. The molecule has 28 heavy (non-hydrogen) atoms. The molecule has 0 fully saturated rings. The van der Waals surface area contributed by atoms with E-state index in [0.29, 0.717) is 23.0 Å². The largest absolute Gasteiger partial charge is 0.319 e. The topological polar surface area (TPSA) is 94.7 Å². The summed E-state index contributed by atoms with van der Waals surface area (Å²) in [5.74, 6) is -0.393. The standard InChI is InChI=1S/C20H20N6O2/c1-4-25-20(28)16-8-6-5-7-15(16)17(24-25)19(27)23-14-9-13-10-22-26(12(2)3)18(13)21-11-14/h5-12H,4H2,1-3H3,(H,23,27). The third kappa shape index (κ3) is 2.92. The number of nitrogens with one attached hydrogen (secondary N) is 1. The number of aryl methyl sites for hydroxylation is 1. The van der Waals surface area contributed by atoms with Crippen molar-refractivity contribution in [2.75, 3.05) is 5.32 Å². The predicted molar refractivity (Wildman–Crippen MR) is 108 cm³/mol. The van der Waals surface area contributed by atoms with Crippen LogP contribution in [0.1, 0.15) is 37.3 Å². The molecule has 4 rings (SSSR count). The summed E-state index contributed by atoms with van der Waals surface area (Å²) in [4.78, 5) is 29.8. The minimum Gasteiger partial charge on any atom is -0.319 e. The number of carbonyl (C=O) groups is 1. The van der Waals surface area contributed by atoms with Crippen molar-refractivity contribution in [2.45, 2.75) is 33.4 Å². The predicted octanol–water partition coefficient (Wildman–Crippen LogP) is 2.99. The van der Waals surface area contributed by atoms with E-state index in [1.807, 2.05) is 31.5 Å². The molecule has 1 amide bonds. The molecule has 8 heteroatoms. The smallest absolute Gasteiger partial charge is 0.276 e. The van der Waals surface area contributed by atoms with Gasteiger partial charge in [0.25, 0.3) is 11.5 Å². The van der Waals surface area contributed by atoms with E-state index >= 15 is 0 Å². The number of carbonyl (C=O) groups excluding carboxylic acids is 1. The number of rotatable bonds is 4. The van der Waals surface area contributed by atoms with Crippen LogP contribution in [-0.4, -0.2) is 30.5 Å². The summed E-state index contributed by atoms with van der Waals surface area (Å²) >= 11 is 0. The lowest BCUT2D eigenvalue weighted by atomic mass is 10.1. The fourth-order valence-electron chi connectivity index (χ4n) is 3.19. The zero-order valence-corrected chi connectivity index (χ0v) is 15.9. The molecule has 142 valence electrons. The summed E-state index contributed by atoms with van der Waals surface area (Å²) in [7, 11) is 0. The van der Waals surface area contributed by atoms with Crippen LogP contribution in [0, 0.1) is 0 Å². The Labute approximate surface area is 160 Å². The second-order valence-electron chi connectivity index (χ2n) is 6.79. The van der Waals surface area contributed by atoms with Crippen LogP contribution >= 0.6 is 0 Å². The Morgan fingerprint density at radius 3 is 2.64 bits per heavy atom. The van der Waals surface area contributed by atoms with Gasteiger partial charge < -0.3 is 5.32 Å². The highest BCUT2D eigenvalue weighted by Gasteiger charge is 2.17. The molecule has 4 aromatic rings. The van der Waals surface area contributed by atoms with Gasteiger partial charge in [0, 0.05) is 23.4 Å². The molecule has 1 aromatic carbocycles. The van der Waals surface area contributed by atoms with Gasteiger partial charge in [0.1, 0.15) is 0 Å². The van der Waals surface area contributed by atoms with Gasteiger partial charge in [-0.25, -0.2) is 14.3 Å². The van der Waals surface area contributed by atoms with Crippen LogP contribution in [0.15, 0.2) is 47.5 Å². The molecule has 1 N–H and O–H groups in total. The van der Waals surface area contributed by atoms with Crippen molar-refractivity contribution in [2.24, 2.45) is 0 Å². The van der Waals surface area contributed by atoms with Crippen molar-refractivity contribution in [1.29, 1.82) is 0 Å². The van der Waals surface area contributed by atoms with E-state index in [4.69, 9.17) is 0 Å². The van der Waals surface area contributed by atoms with Gasteiger partial charge in [0.15, 0.2) is 11.3 Å². The van der Waals surface area contributed by atoms with Gasteiger partial charge in [0.05, 0.1) is 23.5 Å². The minimum atomic E-state index is -0.393. The molecule has 0 atom stereocenters. The monoisotopic (exact) mass is 376 g/mol. The normalized spacial score (nSPS) is 11.4. The first-order valence-corrected chi connectivity index (χ1v) is 9.14. The van der Waals surface area contributed by atoms with E-state index in [-0.39, 0.29) is 17.3 Å². The van der Waals surface area contributed by atoms with Gasteiger partial charge in [-0.05, 0) is 32.9 Å². The van der Waals surface area contributed by atoms with Gasteiger partial charge in [-0.2, -0.15) is 10.2 Å². The molecule has 0 aliphatic rings. The quantitative estimate of drug-likeness (QED) is 0.591. The van der Waals surface area contributed by atoms with Crippen molar-refractivity contribution < 1.29 is 4.79 Å². The maximum absolute atomic E-state index is 12.9. The average Bonchev–Trinajstić information content (AvgIpc) is 3.12. The Bertz CT molecular complexity index is 1250. The van der Waals surface area contributed by atoms with Crippen LogP contribution in [0.25, 0.3) is 21.8 Å². The van der Waals surface area contributed by atoms with Crippen LogP contribution in [0.4, 0.5) is 5.69 Å². The number of nitrogens with zero attached hydrogens (tertiary/aromatic N) is 5. The van der Waals surface area contributed by atoms with Crippen LogP contribution < -0.4 is 10.9 Å². The Balaban J connectivity index is 1.74. The number of hydrogen-bond donors (Lipinski definition) is 1. The maximum atomic E-state index is 12.9. The van der Waals surface area contributed by atoms with Gasteiger partial charge in [-0.3, -0.25) is 9.59 Å². The first-order chi connectivity index (χ1) is 13.5. The fraction of sp³-hybridized carbons (Fsp3) is 0.250. The van der Waals surface area contributed by atoms with Gasteiger partial charge in [0.2, 0.25) is 0 Å². The molecule has 0 radical (unpaired) electrons. The van der Waals surface area contributed by atoms with Crippen LogP contribution in [0.3, 0.4) is 0 Å². The third-order valence-electron chi connectivity index (χ3n) is 4.56. The second kappa shape index (κ2) is 6.88. The number of hydrogen-bond acceptors (Lipinski definition) is 5. The minimum absolute atomic E-state index is 0.191. The highest BCUT2D eigenvalue weighted by Crippen LogP contribution is 2.20. The van der Waals surface area contributed by atoms with E-state index in [0.717, 1.165) is 11.0 Å². The maximum Gasteiger partial charge on any atom is 0.276 e. The summed E-state index contributed by atoms with van der Waals surface area (Å²) in [6.07, 6.45) is 3.32. The molecule has 0 spiro atoms. The first kappa shape index (κ1) is 17.8. The molecule has 0 unspecified atom stereocenters. The molecule has 0 saturated carbocycles. The lowest BCUT2D eigenvalue weighted by molar-refractivity contribution is 0.102.